The van der Waals surface area contributed by atoms with E-state index in [0.29, 0.717) is 11.2 Å². The van der Waals surface area contributed by atoms with Crippen molar-refractivity contribution in [1.29, 1.82) is 0 Å². The zero-order valence-electron chi connectivity index (χ0n) is 10.9. The van der Waals surface area contributed by atoms with Gasteiger partial charge in [0.25, 0.3) is 5.91 Å². The van der Waals surface area contributed by atoms with E-state index >= 15 is 0 Å². The summed E-state index contributed by atoms with van der Waals surface area (Å²) in [5.74, 6) is 0.632. The van der Waals surface area contributed by atoms with Gasteiger partial charge in [-0.05, 0) is 24.3 Å². The monoisotopic (exact) mass is 264 g/mol. The minimum Gasteiger partial charge on any atom is -0.352 e. The van der Waals surface area contributed by atoms with E-state index in [1.165, 1.54) is 4.90 Å². The molecule has 1 aliphatic rings. The third-order valence-corrected chi connectivity index (χ3v) is 3.92. The molecular formula is C14H20N2OS. The molecule has 0 radical (unpaired) electrons. The summed E-state index contributed by atoms with van der Waals surface area (Å²) < 4.78 is 0. The molecule has 2 N–H and O–H groups in total. The maximum atomic E-state index is 11.9. The Hall–Kier alpha value is -1.00. The van der Waals surface area contributed by atoms with E-state index in [4.69, 9.17) is 0 Å². The Balaban J connectivity index is 1.85. The first-order valence-electron chi connectivity index (χ1n) is 6.41. The molecule has 0 aliphatic carbocycles. The number of carbonyl (C=O) groups excluding carboxylic acids is 1. The van der Waals surface area contributed by atoms with Gasteiger partial charge in [-0.2, -0.15) is 0 Å². The molecule has 0 bridgehead atoms. The van der Waals surface area contributed by atoms with Crippen molar-refractivity contribution >= 4 is 17.7 Å². The highest BCUT2D eigenvalue weighted by atomic mass is 32.2. The van der Waals surface area contributed by atoms with Crippen molar-refractivity contribution in [2.75, 3.05) is 19.6 Å². The van der Waals surface area contributed by atoms with E-state index in [1.807, 2.05) is 36.0 Å². The van der Waals surface area contributed by atoms with Crippen LogP contribution in [0.25, 0.3) is 0 Å². The molecule has 1 saturated heterocycles. The summed E-state index contributed by atoms with van der Waals surface area (Å²) in [5, 5.41) is 6.74. The molecule has 1 aromatic rings. The molecule has 0 saturated carbocycles. The van der Waals surface area contributed by atoms with Gasteiger partial charge in [0.05, 0.1) is 0 Å². The van der Waals surface area contributed by atoms with Crippen molar-refractivity contribution in [3.05, 3.63) is 29.8 Å². The molecule has 0 atom stereocenters. The van der Waals surface area contributed by atoms with Gasteiger partial charge >= 0.3 is 0 Å². The lowest BCUT2D eigenvalue weighted by molar-refractivity contribution is 0.0942. The van der Waals surface area contributed by atoms with Crippen molar-refractivity contribution in [3.63, 3.8) is 0 Å². The molecule has 4 heteroatoms. The summed E-state index contributed by atoms with van der Waals surface area (Å²) in [4.78, 5) is 13.1. The molecule has 3 nitrogen and oxygen atoms in total. The minimum absolute atomic E-state index is 0.0306. The van der Waals surface area contributed by atoms with E-state index in [2.05, 4.69) is 24.5 Å². The molecule has 0 unspecified atom stereocenters. The summed E-state index contributed by atoms with van der Waals surface area (Å²) >= 11 is 1.81. The van der Waals surface area contributed by atoms with Gasteiger partial charge in [-0.15, -0.1) is 11.8 Å². The minimum atomic E-state index is 0.0306. The number of hydrogen-bond acceptors (Lipinski definition) is 3. The lowest BCUT2D eigenvalue weighted by Crippen LogP contribution is -2.48. The largest absolute Gasteiger partial charge is 0.352 e. The van der Waals surface area contributed by atoms with Gasteiger partial charge in [-0.25, -0.2) is 0 Å². The van der Waals surface area contributed by atoms with E-state index in [0.717, 1.165) is 25.2 Å². The van der Waals surface area contributed by atoms with Crippen LogP contribution in [0.5, 0.6) is 0 Å². The van der Waals surface area contributed by atoms with Gasteiger partial charge in [0.15, 0.2) is 0 Å². The van der Waals surface area contributed by atoms with Crippen molar-refractivity contribution < 1.29 is 4.79 Å². The van der Waals surface area contributed by atoms with Crippen molar-refractivity contribution in [1.82, 2.24) is 10.6 Å². The fourth-order valence-corrected chi connectivity index (χ4v) is 2.63. The summed E-state index contributed by atoms with van der Waals surface area (Å²) in [5.41, 5.74) is 0.746. The molecular weight excluding hydrogens is 244 g/mol. The van der Waals surface area contributed by atoms with Crippen LogP contribution in [0, 0.1) is 5.92 Å². The summed E-state index contributed by atoms with van der Waals surface area (Å²) in [6, 6.07) is 7.84. The van der Waals surface area contributed by atoms with Gasteiger partial charge in [0.1, 0.15) is 0 Å². The van der Waals surface area contributed by atoms with Crippen molar-refractivity contribution in [2.45, 2.75) is 24.0 Å². The summed E-state index contributed by atoms with van der Waals surface area (Å²) in [6.45, 7) is 7.14. The molecule has 1 amide bonds. The Morgan fingerprint density at radius 1 is 1.39 bits per heavy atom. The standard InChI is InChI=1S/C14H20N2OS/c1-10(2)18-13-5-3-12(4-6-13)14(17)16-9-11-7-15-8-11/h3-6,10-11,15H,7-9H2,1-2H3,(H,16,17). The van der Waals surface area contributed by atoms with Gasteiger partial charge in [-0.1, -0.05) is 13.8 Å². The number of thioether (sulfide) groups is 1. The number of carbonyl (C=O) groups is 1. The second kappa shape index (κ2) is 6.25. The summed E-state index contributed by atoms with van der Waals surface area (Å²) in [6.07, 6.45) is 0. The molecule has 1 aromatic carbocycles. The first-order chi connectivity index (χ1) is 8.65. The number of rotatable bonds is 5. The van der Waals surface area contributed by atoms with Gasteiger partial charge in [0, 0.05) is 41.3 Å². The molecule has 1 aliphatic heterocycles. The SMILES string of the molecule is CC(C)Sc1ccc(C(=O)NCC2CNC2)cc1. The number of hydrogen-bond donors (Lipinski definition) is 2. The normalized spacial score (nSPS) is 15.5. The van der Waals surface area contributed by atoms with E-state index < -0.39 is 0 Å². The molecule has 98 valence electrons. The van der Waals surface area contributed by atoms with Crippen LogP contribution in [0.1, 0.15) is 24.2 Å². The summed E-state index contributed by atoms with van der Waals surface area (Å²) in [7, 11) is 0. The maximum absolute atomic E-state index is 11.9. The topological polar surface area (TPSA) is 41.1 Å². The van der Waals surface area contributed by atoms with Crippen molar-refractivity contribution in [2.24, 2.45) is 5.92 Å². The first kappa shape index (κ1) is 13.4. The fourth-order valence-electron chi connectivity index (χ4n) is 1.79. The van der Waals surface area contributed by atoms with Crippen molar-refractivity contribution in [3.8, 4) is 0 Å². The average molecular weight is 264 g/mol. The quantitative estimate of drug-likeness (QED) is 0.801. The highest BCUT2D eigenvalue weighted by Gasteiger charge is 2.17. The fraction of sp³-hybridized carbons (Fsp3) is 0.500. The van der Waals surface area contributed by atoms with Crippen LogP contribution in [0.4, 0.5) is 0 Å². The van der Waals surface area contributed by atoms with Crippen LogP contribution in [-0.2, 0) is 0 Å². The Labute approximate surface area is 113 Å². The Kier molecular flexibility index (Phi) is 4.66. The molecule has 1 fully saturated rings. The molecule has 2 rings (SSSR count). The lowest BCUT2D eigenvalue weighted by Gasteiger charge is -2.27. The van der Waals surface area contributed by atoms with Crippen LogP contribution in [0.3, 0.4) is 0 Å². The Morgan fingerprint density at radius 2 is 2.06 bits per heavy atom. The second-order valence-corrected chi connectivity index (χ2v) is 6.58. The smallest absolute Gasteiger partial charge is 0.251 e. The number of amides is 1. The molecule has 0 aromatic heterocycles. The predicted octanol–water partition coefficient (Wildman–Crippen LogP) is 2.14. The molecule has 18 heavy (non-hydrogen) atoms. The zero-order valence-corrected chi connectivity index (χ0v) is 11.7. The second-order valence-electron chi connectivity index (χ2n) is 4.93. The Morgan fingerprint density at radius 3 is 2.56 bits per heavy atom. The van der Waals surface area contributed by atoms with E-state index in [-0.39, 0.29) is 5.91 Å². The van der Waals surface area contributed by atoms with Crippen LogP contribution < -0.4 is 10.6 Å². The van der Waals surface area contributed by atoms with Crippen LogP contribution in [0.2, 0.25) is 0 Å². The first-order valence-corrected chi connectivity index (χ1v) is 7.29. The average Bonchev–Trinajstić information content (AvgIpc) is 2.27. The highest BCUT2D eigenvalue weighted by molar-refractivity contribution is 7.99. The highest BCUT2D eigenvalue weighted by Crippen LogP contribution is 2.22. The van der Waals surface area contributed by atoms with Crippen LogP contribution in [-0.4, -0.2) is 30.8 Å². The van der Waals surface area contributed by atoms with E-state index in [1.54, 1.807) is 0 Å². The Bertz CT molecular complexity index is 399. The number of nitrogens with one attached hydrogen (secondary N) is 2. The molecule has 0 spiro atoms. The molecule has 1 heterocycles. The third-order valence-electron chi connectivity index (χ3n) is 2.91. The van der Waals surface area contributed by atoms with Crippen LogP contribution in [0.15, 0.2) is 29.2 Å². The number of benzene rings is 1. The van der Waals surface area contributed by atoms with E-state index in [9.17, 15) is 4.79 Å². The predicted molar refractivity (Wildman–Crippen MR) is 76.1 cm³/mol. The third kappa shape index (κ3) is 3.75. The van der Waals surface area contributed by atoms with Gasteiger partial charge in [0.2, 0.25) is 0 Å². The maximum Gasteiger partial charge on any atom is 0.251 e. The van der Waals surface area contributed by atoms with Gasteiger partial charge < -0.3 is 10.6 Å². The van der Waals surface area contributed by atoms with Crippen LogP contribution >= 0.6 is 11.8 Å². The lowest BCUT2D eigenvalue weighted by atomic mass is 10.0. The van der Waals surface area contributed by atoms with Gasteiger partial charge in [-0.3, -0.25) is 4.79 Å². The zero-order chi connectivity index (χ0) is 13.0.